The van der Waals surface area contributed by atoms with Gasteiger partial charge in [0.15, 0.2) is 5.43 Å². The summed E-state index contributed by atoms with van der Waals surface area (Å²) in [6.07, 6.45) is 0. The maximum atomic E-state index is 13.6. The molecule has 0 aliphatic carbocycles. The maximum absolute atomic E-state index is 13.6. The number of ether oxygens (including phenoxy) is 1. The van der Waals surface area contributed by atoms with Gasteiger partial charge in [-0.1, -0.05) is 39.7 Å². The summed E-state index contributed by atoms with van der Waals surface area (Å²) in [7, 11) is 0. The van der Waals surface area contributed by atoms with E-state index in [2.05, 4.69) is 15.9 Å². The second kappa shape index (κ2) is 7.95. The van der Waals surface area contributed by atoms with Crippen molar-refractivity contribution in [2.45, 2.75) is 19.9 Å². The topological polar surface area (TPSA) is 59.8 Å². The Labute approximate surface area is 193 Å². The lowest BCUT2D eigenvalue weighted by atomic mass is 9.98. The summed E-state index contributed by atoms with van der Waals surface area (Å²) in [5, 5.41) is 0.477. The third-order valence-electron chi connectivity index (χ3n) is 5.64. The Kier molecular flexibility index (Phi) is 5.10. The summed E-state index contributed by atoms with van der Waals surface area (Å²) in [5.41, 5.74) is 3.04. The van der Waals surface area contributed by atoms with Crippen molar-refractivity contribution < 1.29 is 13.9 Å². The molecule has 2 heterocycles. The summed E-state index contributed by atoms with van der Waals surface area (Å²) >= 11 is 3.44. The summed E-state index contributed by atoms with van der Waals surface area (Å²) in [6, 6.07) is 19.8. The van der Waals surface area contributed by atoms with Crippen LogP contribution in [0.5, 0.6) is 5.75 Å². The number of amides is 1. The van der Waals surface area contributed by atoms with Crippen molar-refractivity contribution >= 4 is 38.5 Å². The number of carbonyl (C=O) groups is 1. The molecule has 0 saturated carbocycles. The van der Waals surface area contributed by atoms with Gasteiger partial charge < -0.3 is 9.15 Å². The molecule has 160 valence electrons. The fourth-order valence-electron chi connectivity index (χ4n) is 4.18. The van der Waals surface area contributed by atoms with Gasteiger partial charge in [-0.05, 0) is 67.9 Å². The van der Waals surface area contributed by atoms with Gasteiger partial charge in [-0.15, -0.1) is 0 Å². The number of anilines is 1. The van der Waals surface area contributed by atoms with Crippen LogP contribution in [0, 0.1) is 6.92 Å². The van der Waals surface area contributed by atoms with Gasteiger partial charge in [0.25, 0.3) is 5.91 Å². The number of hydrogen-bond donors (Lipinski definition) is 0. The van der Waals surface area contributed by atoms with Gasteiger partial charge in [0.05, 0.1) is 23.6 Å². The molecule has 1 aromatic heterocycles. The lowest BCUT2D eigenvalue weighted by Gasteiger charge is -2.25. The second-order valence-electron chi connectivity index (χ2n) is 7.73. The molecule has 1 aliphatic rings. The van der Waals surface area contributed by atoms with Crippen LogP contribution in [-0.4, -0.2) is 12.5 Å². The predicted octanol–water partition coefficient (Wildman–Crippen LogP) is 6.01. The van der Waals surface area contributed by atoms with E-state index in [9.17, 15) is 9.59 Å². The van der Waals surface area contributed by atoms with Gasteiger partial charge >= 0.3 is 0 Å². The Balaban J connectivity index is 1.76. The van der Waals surface area contributed by atoms with Crippen LogP contribution in [0.1, 0.15) is 40.2 Å². The van der Waals surface area contributed by atoms with Crippen LogP contribution >= 0.6 is 15.9 Å². The first-order valence-electron chi connectivity index (χ1n) is 10.4. The van der Waals surface area contributed by atoms with Crippen LogP contribution in [-0.2, 0) is 0 Å². The van der Waals surface area contributed by atoms with E-state index in [4.69, 9.17) is 9.15 Å². The van der Waals surface area contributed by atoms with E-state index >= 15 is 0 Å². The Morgan fingerprint density at radius 1 is 1.00 bits per heavy atom. The monoisotopic (exact) mass is 489 g/mol. The average molecular weight is 490 g/mol. The third-order valence-corrected chi connectivity index (χ3v) is 6.17. The second-order valence-corrected chi connectivity index (χ2v) is 8.65. The number of nitrogens with zero attached hydrogens (tertiary/aromatic N) is 1. The highest BCUT2D eigenvalue weighted by molar-refractivity contribution is 9.10. The molecular formula is C26H20BrNO4. The van der Waals surface area contributed by atoms with Crippen molar-refractivity contribution in [1.29, 1.82) is 0 Å². The highest BCUT2D eigenvalue weighted by Gasteiger charge is 2.43. The molecule has 0 saturated heterocycles. The molecule has 1 amide bonds. The number of halogens is 1. The van der Waals surface area contributed by atoms with E-state index in [1.165, 1.54) is 0 Å². The average Bonchev–Trinajstić information content (AvgIpc) is 3.08. The lowest BCUT2D eigenvalue weighted by molar-refractivity contribution is 0.0971. The molecule has 1 unspecified atom stereocenters. The summed E-state index contributed by atoms with van der Waals surface area (Å²) in [4.78, 5) is 28.8. The van der Waals surface area contributed by atoms with E-state index in [0.717, 1.165) is 21.3 Å². The van der Waals surface area contributed by atoms with Crippen LogP contribution in [0.15, 0.2) is 80.4 Å². The molecule has 32 heavy (non-hydrogen) atoms. The Hall–Kier alpha value is -3.38. The number of hydrogen-bond acceptors (Lipinski definition) is 4. The number of benzene rings is 3. The van der Waals surface area contributed by atoms with Gasteiger partial charge in [-0.2, -0.15) is 0 Å². The van der Waals surface area contributed by atoms with Crippen molar-refractivity contribution in [1.82, 2.24) is 0 Å². The largest absolute Gasteiger partial charge is 0.494 e. The molecule has 4 aromatic rings. The minimum absolute atomic E-state index is 0.0909. The quantitative estimate of drug-likeness (QED) is 0.352. The van der Waals surface area contributed by atoms with E-state index in [1.54, 1.807) is 11.0 Å². The van der Waals surface area contributed by atoms with Crippen molar-refractivity contribution in [2.75, 3.05) is 11.5 Å². The van der Waals surface area contributed by atoms with Gasteiger partial charge in [0.2, 0.25) is 5.76 Å². The minimum Gasteiger partial charge on any atom is -0.494 e. The van der Waals surface area contributed by atoms with Crippen molar-refractivity contribution in [3.63, 3.8) is 0 Å². The maximum Gasteiger partial charge on any atom is 0.295 e. The zero-order valence-electron chi connectivity index (χ0n) is 17.6. The summed E-state index contributed by atoms with van der Waals surface area (Å²) in [5.74, 6) is 0.492. The van der Waals surface area contributed by atoms with Gasteiger partial charge in [-0.25, -0.2) is 0 Å². The van der Waals surface area contributed by atoms with Gasteiger partial charge in [0, 0.05) is 10.2 Å². The smallest absolute Gasteiger partial charge is 0.295 e. The van der Waals surface area contributed by atoms with Crippen LogP contribution < -0.4 is 15.1 Å². The first-order chi connectivity index (χ1) is 15.5. The molecule has 3 aromatic carbocycles. The molecule has 0 spiro atoms. The van der Waals surface area contributed by atoms with Gasteiger partial charge in [-0.3, -0.25) is 14.5 Å². The van der Waals surface area contributed by atoms with Crippen LogP contribution in [0.4, 0.5) is 5.69 Å². The fraction of sp³-hybridized carbons (Fsp3) is 0.154. The highest BCUT2D eigenvalue weighted by atomic mass is 79.9. The van der Waals surface area contributed by atoms with E-state index in [0.29, 0.717) is 28.8 Å². The summed E-state index contributed by atoms with van der Waals surface area (Å²) < 4.78 is 12.5. The first-order valence-corrected chi connectivity index (χ1v) is 11.2. The minimum atomic E-state index is -0.601. The normalized spacial score (nSPS) is 15.3. The van der Waals surface area contributed by atoms with Crippen LogP contribution in [0.2, 0.25) is 0 Å². The van der Waals surface area contributed by atoms with E-state index in [1.807, 2.05) is 74.5 Å². The van der Waals surface area contributed by atoms with Gasteiger partial charge in [0.1, 0.15) is 11.3 Å². The molecule has 5 nitrogen and oxygen atoms in total. The molecule has 0 N–H and O–H groups in total. The predicted molar refractivity (Wildman–Crippen MR) is 128 cm³/mol. The van der Waals surface area contributed by atoms with Crippen LogP contribution in [0.25, 0.3) is 11.0 Å². The molecule has 6 heteroatoms. The molecule has 1 aliphatic heterocycles. The van der Waals surface area contributed by atoms with Crippen molar-refractivity contribution in [3.8, 4) is 5.75 Å². The van der Waals surface area contributed by atoms with E-state index < -0.39 is 6.04 Å². The number of rotatable bonds is 4. The molecule has 0 bridgehead atoms. The molecule has 0 fully saturated rings. The Bertz CT molecular complexity index is 1390. The Morgan fingerprint density at radius 3 is 2.41 bits per heavy atom. The fourth-order valence-corrected chi connectivity index (χ4v) is 4.45. The number of fused-ring (bicyclic) bond motifs is 2. The standard InChI is InChI=1S/C26H20BrNO4/c1-3-31-19-11-5-16(6-12-19)23-22-24(29)20-14-15(2)4-13-21(20)32-25(22)26(30)28(23)18-9-7-17(27)8-10-18/h4-14,23H,3H2,1-2H3. The summed E-state index contributed by atoms with van der Waals surface area (Å²) in [6.45, 7) is 4.41. The SMILES string of the molecule is CCOc1ccc(C2c3c(oc4ccc(C)cc4c3=O)C(=O)N2c2ccc(Br)cc2)cc1. The molecule has 0 radical (unpaired) electrons. The zero-order chi connectivity index (χ0) is 22.4. The Morgan fingerprint density at radius 2 is 1.72 bits per heavy atom. The zero-order valence-corrected chi connectivity index (χ0v) is 19.2. The lowest BCUT2D eigenvalue weighted by Crippen LogP contribution is -2.29. The van der Waals surface area contributed by atoms with Crippen LogP contribution in [0.3, 0.4) is 0 Å². The molecular weight excluding hydrogens is 470 g/mol. The van der Waals surface area contributed by atoms with Crippen molar-refractivity contribution in [2.24, 2.45) is 0 Å². The number of aryl methyl sites for hydroxylation is 1. The van der Waals surface area contributed by atoms with E-state index in [-0.39, 0.29) is 17.1 Å². The molecule has 1 atom stereocenters. The number of carbonyl (C=O) groups excluding carboxylic acids is 1. The third kappa shape index (κ3) is 3.31. The molecule has 5 rings (SSSR count). The van der Waals surface area contributed by atoms with Crippen molar-refractivity contribution in [3.05, 3.63) is 104 Å². The first kappa shape index (κ1) is 20.5. The highest BCUT2D eigenvalue weighted by Crippen LogP contribution is 2.41.